The minimum Gasteiger partial charge on any atom is -0.395 e. The van der Waals surface area contributed by atoms with Crippen molar-refractivity contribution in [3.05, 3.63) is 52.0 Å². The lowest BCUT2D eigenvalue weighted by Crippen LogP contribution is -2.22. The van der Waals surface area contributed by atoms with E-state index in [1.807, 2.05) is 16.8 Å². The van der Waals surface area contributed by atoms with Gasteiger partial charge in [-0.25, -0.2) is 0 Å². The molecule has 1 amide bonds. The fraction of sp³-hybridized carbons (Fsp3) is 0.200. The highest BCUT2D eigenvalue weighted by atomic mass is 32.1. The SMILES string of the molecule is O=C(NCc1ccsc1)c1cncc(C#CCCO)c1. The lowest BCUT2D eigenvalue weighted by atomic mass is 10.2. The van der Waals surface area contributed by atoms with Crippen LogP contribution in [0.3, 0.4) is 0 Å². The summed E-state index contributed by atoms with van der Waals surface area (Å²) in [5.41, 5.74) is 2.23. The number of carbonyl (C=O) groups is 1. The van der Waals surface area contributed by atoms with Gasteiger partial charge in [0.05, 0.1) is 12.2 Å². The van der Waals surface area contributed by atoms with Crippen molar-refractivity contribution >= 4 is 17.2 Å². The summed E-state index contributed by atoms with van der Waals surface area (Å²) in [6.07, 6.45) is 3.52. The molecule has 2 aromatic rings. The molecule has 2 aromatic heterocycles. The van der Waals surface area contributed by atoms with E-state index in [1.54, 1.807) is 23.6 Å². The summed E-state index contributed by atoms with van der Waals surface area (Å²) in [6.45, 7) is 0.532. The second-order valence-corrected chi connectivity index (χ2v) is 4.83. The Morgan fingerprint density at radius 3 is 3.10 bits per heavy atom. The molecule has 0 saturated heterocycles. The Hall–Kier alpha value is -2.16. The molecule has 0 bridgehead atoms. The third kappa shape index (κ3) is 4.19. The third-order valence-electron chi connectivity index (χ3n) is 2.50. The Kier molecular flexibility index (Phi) is 5.30. The van der Waals surface area contributed by atoms with Crippen molar-refractivity contribution in [3.63, 3.8) is 0 Å². The molecule has 102 valence electrons. The quantitative estimate of drug-likeness (QED) is 0.843. The highest BCUT2D eigenvalue weighted by molar-refractivity contribution is 7.07. The van der Waals surface area contributed by atoms with Crippen molar-refractivity contribution < 1.29 is 9.90 Å². The predicted molar refractivity (Wildman–Crippen MR) is 78.3 cm³/mol. The fourth-order valence-electron chi connectivity index (χ4n) is 1.53. The van der Waals surface area contributed by atoms with Crippen LogP contribution in [0.1, 0.15) is 27.9 Å². The maximum atomic E-state index is 12.0. The summed E-state index contributed by atoms with van der Waals surface area (Å²) in [4.78, 5) is 16.0. The van der Waals surface area contributed by atoms with Crippen LogP contribution in [0.4, 0.5) is 0 Å². The minimum atomic E-state index is -0.172. The summed E-state index contributed by atoms with van der Waals surface area (Å²) in [6, 6.07) is 3.67. The molecule has 5 heteroatoms. The molecule has 0 unspecified atom stereocenters. The zero-order valence-corrected chi connectivity index (χ0v) is 11.6. The van der Waals surface area contributed by atoms with Crippen LogP contribution >= 0.6 is 11.3 Å². The average molecular weight is 286 g/mol. The first kappa shape index (κ1) is 14.3. The Labute approximate surface area is 121 Å². The minimum absolute atomic E-state index is 0.0290. The molecule has 0 radical (unpaired) electrons. The van der Waals surface area contributed by atoms with E-state index in [-0.39, 0.29) is 12.5 Å². The number of hydrogen-bond donors (Lipinski definition) is 2. The number of thiophene rings is 1. The fourth-order valence-corrected chi connectivity index (χ4v) is 2.20. The number of hydrogen-bond acceptors (Lipinski definition) is 4. The van der Waals surface area contributed by atoms with Crippen molar-refractivity contribution in [1.29, 1.82) is 0 Å². The van der Waals surface area contributed by atoms with Crippen LogP contribution < -0.4 is 5.32 Å². The van der Waals surface area contributed by atoms with E-state index in [9.17, 15) is 4.79 Å². The highest BCUT2D eigenvalue weighted by Gasteiger charge is 2.06. The summed E-state index contributed by atoms with van der Waals surface area (Å²) in [7, 11) is 0. The van der Waals surface area contributed by atoms with Crippen LogP contribution in [0.2, 0.25) is 0 Å². The van der Waals surface area contributed by atoms with Gasteiger partial charge in [-0.05, 0) is 28.5 Å². The molecule has 0 aliphatic carbocycles. The molecule has 2 rings (SSSR count). The molecule has 0 aliphatic heterocycles. The van der Waals surface area contributed by atoms with Gasteiger partial charge in [-0.2, -0.15) is 11.3 Å². The van der Waals surface area contributed by atoms with E-state index >= 15 is 0 Å². The zero-order valence-electron chi connectivity index (χ0n) is 10.8. The van der Waals surface area contributed by atoms with Crippen molar-refractivity contribution in [2.75, 3.05) is 6.61 Å². The summed E-state index contributed by atoms with van der Waals surface area (Å²) >= 11 is 1.60. The predicted octanol–water partition coefficient (Wildman–Crippen LogP) is 1.81. The topological polar surface area (TPSA) is 62.2 Å². The number of pyridine rings is 1. The van der Waals surface area contributed by atoms with Crippen LogP contribution in [0.25, 0.3) is 0 Å². The standard InChI is InChI=1S/C15H14N2O2S/c18-5-2-1-3-12-7-14(10-16-8-12)15(19)17-9-13-4-6-20-11-13/h4,6-8,10-11,18H,2,5,9H2,(H,17,19). The Bertz CT molecular complexity index is 627. The number of aliphatic hydroxyl groups is 1. The number of nitrogens with zero attached hydrogens (tertiary/aromatic N) is 1. The molecule has 0 fully saturated rings. The van der Waals surface area contributed by atoms with Gasteiger partial charge in [-0.1, -0.05) is 11.8 Å². The van der Waals surface area contributed by atoms with Crippen molar-refractivity contribution in [3.8, 4) is 11.8 Å². The van der Waals surface area contributed by atoms with E-state index in [1.165, 1.54) is 6.20 Å². The molecule has 20 heavy (non-hydrogen) atoms. The van der Waals surface area contributed by atoms with Crippen LogP contribution in [-0.2, 0) is 6.54 Å². The van der Waals surface area contributed by atoms with Gasteiger partial charge in [0.2, 0.25) is 0 Å². The first-order valence-corrected chi connectivity index (χ1v) is 7.08. The molecule has 0 spiro atoms. The van der Waals surface area contributed by atoms with Gasteiger partial charge < -0.3 is 10.4 Å². The first-order valence-electron chi connectivity index (χ1n) is 6.13. The van der Waals surface area contributed by atoms with Gasteiger partial charge in [0.15, 0.2) is 0 Å². The number of amides is 1. The maximum Gasteiger partial charge on any atom is 0.253 e. The summed E-state index contributed by atoms with van der Waals surface area (Å²) < 4.78 is 0. The van der Waals surface area contributed by atoms with Gasteiger partial charge in [0.1, 0.15) is 0 Å². The second kappa shape index (κ2) is 7.43. The average Bonchev–Trinajstić information content (AvgIpc) is 2.99. The number of carbonyl (C=O) groups excluding carboxylic acids is 1. The normalized spacial score (nSPS) is 9.65. The molecular formula is C15H14N2O2S. The zero-order chi connectivity index (χ0) is 14.2. The van der Waals surface area contributed by atoms with Crippen LogP contribution in [-0.4, -0.2) is 22.6 Å². The molecule has 0 aliphatic rings. The van der Waals surface area contributed by atoms with Crippen LogP contribution in [0.15, 0.2) is 35.3 Å². The number of aromatic nitrogens is 1. The first-order chi connectivity index (χ1) is 9.79. The second-order valence-electron chi connectivity index (χ2n) is 4.05. The summed E-state index contributed by atoms with van der Waals surface area (Å²) in [5.74, 6) is 5.49. The van der Waals surface area contributed by atoms with E-state index in [4.69, 9.17) is 5.11 Å². The Balaban J connectivity index is 1.99. The molecule has 2 heterocycles. The van der Waals surface area contributed by atoms with Crippen LogP contribution in [0, 0.1) is 11.8 Å². The molecule has 0 saturated carbocycles. The van der Waals surface area contributed by atoms with E-state index < -0.39 is 0 Å². The lowest BCUT2D eigenvalue weighted by molar-refractivity contribution is 0.0950. The number of aliphatic hydroxyl groups excluding tert-OH is 1. The molecule has 2 N–H and O–H groups in total. The lowest BCUT2D eigenvalue weighted by Gasteiger charge is -2.03. The Morgan fingerprint density at radius 2 is 2.35 bits per heavy atom. The third-order valence-corrected chi connectivity index (χ3v) is 3.24. The van der Waals surface area contributed by atoms with Gasteiger partial charge in [0, 0.05) is 30.9 Å². The maximum absolute atomic E-state index is 12.0. The van der Waals surface area contributed by atoms with Crippen molar-refractivity contribution in [2.24, 2.45) is 0 Å². The monoisotopic (exact) mass is 286 g/mol. The smallest absolute Gasteiger partial charge is 0.253 e. The van der Waals surface area contributed by atoms with E-state index in [0.29, 0.717) is 24.1 Å². The van der Waals surface area contributed by atoms with Gasteiger partial charge in [-0.3, -0.25) is 9.78 Å². The van der Waals surface area contributed by atoms with Gasteiger partial charge in [0.25, 0.3) is 5.91 Å². The van der Waals surface area contributed by atoms with Gasteiger partial charge in [-0.15, -0.1) is 0 Å². The van der Waals surface area contributed by atoms with Gasteiger partial charge >= 0.3 is 0 Å². The highest BCUT2D eigenvalue weighted by Crippen LogP contribution is 2.06. The number of nitrogens with one attached hydrogen (secondary N) is 1. The molecule has 0 atom stereocenters. The van der Waals surface area contributed by atoms with E-state index in [2.05, 4.69) is 22.1 Å². The Morgan fingerprint density at radius 1 is 1.45 bits per heavy atom. The van der Waals surface area contributed by atoms with E-state index in [0.717, 1.165) is 5.56 Å². The van der Waals surface area contributed by atoms with Crippen LogP contribution in [0.5, 0.6) is 0 Å². The molecule has 0 aromatic carbocycles. The van der Waals surface area contributed by atoms with Crippen molar-refractivity contribution in [1.82, 2.24) is 10.3 Å². The molecule has 4 nitrogen and oxygen atoms in total. The summed E-state index contributed by atoms with van der Waals surface area (Å²) in [5, 5.41) is 15.5. The largest absolute Gasteiger partial charge is 0.395 e. The molecular weight excluding hydrogens is 272 g/mol. The van der Waals surface area contributed by atoms with Crippen molar-refractivity contribution in [2.45, 2.75) is 13.0 Å². The number of rotatable bonds is 4.